The molecular weight excluding hydrogens is 338 g/mol. The number of carbonyl (C=O) groups excluding carboxylic acids is 2. The number of furan rings is 1. The molecule has 26 heavy (non-hydrogen) atoms. The van der Waals surface area contributed by atoms with Crippen LogP contribution in [0.1, 0.15) is 40.0 Å². The summed E-state index contributed by atoms with van der Waals surface area (Å²) >= 11 is 0. The van der Waals surface area contributed by atoms with Gasteiger partial charge in [-0.2, -0.15) is 0 Å². The van der Waals surface area contributed by atoms with Crippen molar-refractivity contribution in [1.82, 2.24) is 5.32 Å². The third kappa shape index (κ3) is 5.93. The zero-order valence-electron chi connectivity index (χ0n) is 14.9. The van der Waals surface area contributed by atoms with Gasteiger partial charge in [0.2, 0.25) is 0 Å². The van der Waals surface area contributed by atoms with Crippen LogP contribution in [-0.4, -0.2) is 38.7 Å². The normalized spacial score (nSPS) is 10.4. The minimum atomic E-state index is -0.403. The Bertz CT molecular complexity index is 707. The van der Waals surface area contributed by atoms with Crippen LogP contribution >= 0.6 is 0 Å². The Labute approximate surface area is 152 Å². The lowest BCUT2D eigenvalue weighted by molar-refractivity contribution is 0.0600. The zero-order valence-corrected chi connectivity index (χ0v) is 14.9. The molecule has 0 aliphatic carbocycles. The second-order valence-electron chi connectivity index (χ2n) is 5.38. The second kappa shape index (κ2) is 10.2. The van der Waals surface area contributed by atoms with E-state index < -0.39 is 5.97 Å². The van der Waals surface area contributed by atoms with Gasteiger partial charge < -0.3 is 23.9 Å². The summed E-state index contributed by atoms with van der Waals surface area (Å²) in [5, 5.41) is 2.77. The molecule has 0 radical (unpaired) electrons. The minimum absolute atomic E-state index is 0.176. The highest BCUT2D eigenvalue weighted by molar-refractivity contribution is 5.91. The molecular formula is C19H23NO6. The average molecular weight is 361 g/mol. The quantitative estimate of drug-likeness (QED) is 0.517. The fourth-order valence-electron chi connectivity index (χ4n) is 2.14. The highest BCUT2D eigenvalue weighted by Crippen LogP contribution is 2.16. The first-order valence-corrected chi connectivity index (χ1v) is 8.40. The van der Waals surface area contributed by atoms with Crippen LogP contribution in [0.2, 0.25) is 0 Å². The second-order valence-corrected chi connectivity index (χ2v) is 5.38. The van der Waals surface area contributed by atoms with Crippen molar-refractivity contribution in [2.75, 3.05) is 26.9 Å². The summed E-state index contributed by atoms with van der Waals surface area (Å²) in [4.78, 5) is 23.3. The molecule has 2 aromatic rings. The summed E-state index contributed by atoms with van der Waals surface area (Å²) in [6, 6.07) is 9.87. The Morgan fingerprint density at radius 2 is 1.88 bits per heavy atom. The van der Waals surface area contributed by atoms with Crippen LogP contribution in [0.3, 0.4) is 0 Å². The Hall–Kier alpha value is -2.80. The van der Waals surface area contributed by atoms with Gasteiger partial charge in [-0.1, -0.05) is 0 Å². The molecule has 0 saturated heterocycles. The van der Waals surface area contributed by atoms with Crippen LogP contribution < -0.4 is 10.1 Å². The molecule has 7 heteroatoms. The number of benzene rings is 1. The van der Waals surface area contributed by atoms with Gasteiger partial charge in [-0.15, -0.1) is 0 Å². The molecule has 140 valence electrons. The van der Waals surface area contributed by atoms with Crippen molar-refractivity contribution in [3.63, 3.8) is 0 Å². The van der Waals surface area contributed by atoms with Crippen molar-refractivity contribution in [3.8, 4) is 5.75 Å². The van der Waals surface area contributed by atoms with Gasteiger partial charge in [0.25, 0.3) is 5.91 Å². The molecule has 0 spiro atoms. The third-order valence-corrected chi connectivity index (χ3v) is 3.50. The van der Waals surface area contributed by atoms with Gasteiger partial charge in [-0.3, -0.25) is 4.79 Å². The number of esters is 1. The highest BCUT2D eigenvalue weighted by Gasteiger charge is 2.11. The van der Waals surface area contributed by atoms with Gasteiger partial charge in [0, 0.05) is 19.8 Å². The number of carbonyl (C=O) groups is 2. The van der Waals surface area contributed by atoms with E-state index in [1.165, 1.54) is 7.11 Å². The monoisotopic (exact) mass is 361 g/mol. The van der Waals surface area contributed by atoms with Crippen molar-refractivity contribution in [1.29, 1.82) is 0 Å². The Balaban J connectivity index is 1.79. The summed E-state index contributed by atoms with van der Waals surface area (Å²) in [6.45, 7) is 3.91. The van der Waals surface area contributed by atoms with Crippen molar-refractivity contribution in [3.05, 3.63) is 53.5 Å². The first-order chi connectivity index (χ1) is 12.6. The van der Waals surface area contributed by atoms with Gasteiger partial charge in [0.15, 0.2) is 5.76 Å². The number of rotatable bonds is 10. The maximum absolute atomic E-state index is 12.0. The van der Waals surface area contributed by atoms with E-state index in [1.54, 1.807) is 36.4 Å². The van der Waals surface area contributed by atoms with E-state index in [0.717, 1.165) is 6.42 Å². The summed E-state index contributed by atoms with van der Waals surface area (Å²) in [6.07, 6.45) is 0.748. The van der Waals surface area contributed by atoms with Crippen molar-refractivity contribution < 1.29 is 28.2 Å². The molecule has 7 nitrogen and oxygen atoms in total. The lowest BCUT2D eigenvalue weighted by atomic mass is 10.2. The molecule has 1 heterocycles. The van der Waals surface area contributed by atoms with Crippen LogP contribution in [0.15, 0.2) is 40.8 Å². The maximum Gasteiger partial charge on any atom is 0.337 e. The van der Waals surface area contributed by atoms with E-state index in [-0.39, 0.29) is 18.3 Å². The molecule has 0 atom stereocenters. The summed E-state index contributed by atoms with van der Waals surface area (Å²) in [5.74, 6) is 0.674. The molecule has 0 saturated carbocycles. The standard InChI is InChI=1S/C19H23NO6/c1-3-24-12-4-11-20-18(21)17-10-9-16(26-17)13-25-15-7-5-14(6-8-15)19(22)23-2/h5-10H,3-4,11-13H2,1-2H3,(H,20,21). The summed E-state index contributed by atoms with van der Waals surface area (Å²) in [7, 11) is 1.33. The molecule has 0 fully saturated rings. The number of hydrogen-bond donors (Lipinski definition) is 1. The van der Waals surface area contributed by atoms with E-state index in [0.29, 0.717) is 36.8 Å². The first-order valence-electron chi connectivity index (χ1n) is 8.40. The van der Waals surface area contributed by atoms with Crippen LogP contribution in [0.25, 0.3) is 0 Å². The Morgan fingerprint density at radius 3 is 2.58 bits per heavy atom. The molecule has 2 rings (SSSR count). The first kappa shape index (κ1) is 19.5. The molecule has 1 N–H and O–H groups in total. The highest BCUT2D eigenvalue weighted by atomic mass is 16.5. The smallest absolute Gasteiger partial charge is 0.337 e. The molecule has 1 amide bonds. The number of ether oxygens (including phenoxy) is 3. The number of nitrogens with one attached hydrogen (secondary N) is 1. The molecule has 0 unspecified atom stereocenters. The van der Waals surface area contributed by atoms with Crippen molar-refractivity contribution in [2.45, 2.75) is 20.0 Å². The largest absolute Gasteiger partial charge is 0.486 e. The van der Waals surface area contributed by atoms with Gasteiger partial charge in [0.1, 0.15) is 18.1 Å². The lowest BCUT2D eigenvalue weighted by Gasteiger charge is -2.05. The van der Waals surface area contributed by atoms with E-state index in [4.69, 9.17) is 13.9 Å². The summed E-state index contributed by atoms with van der Waals surface area (Å²) < 4.78 is 20.9. The fourth-order valence-corrected chi connectivity index (χ4v) is 2.14. The number of hydrogen-bond acceptors (Lipinski definition) is 6. The summed E-state index contributed by atoms with van der Waals surface area (Å²) in [5.41, 5.74) is 0.446. The number of methoxy groups -OCH3 is 1. The number of amides is 1. The predicted octanol–water partition coefficient (Wildman–Crippen LogP) is 2.80. The van der Waals surface area contributed by atoms with Crippen LogP contribution in [0.5, 0.6) is 5.75 Å². The van der Waals surface area contributed by atoms with Gasteiger partial charge in [0.05, 0.1) is 12.7 Å². The van der Waals surface area contributed by atoms with E-state index in [9.17, 15) is 9.59 Å². The molecule has 0 aliphatic rings. The minimum Gasteiger partial charge on any atom is -0.486 e. The predicted molar refractivity (Wildman–Crippen MR) is 94.3 cm³/mol. The van der Waals surface area contributed by atoms with E-state index >= 15 is 0 Å². The topological polar surface area (TPSA) is 87.0 Å². The molecule has 1 aromatic heterocycles. The van der Waals surface area contributed by atoms with E-state index in [2.05, 4.69) is 10.1 Å². The van der Waals surface area contributed by atoms with Gasteiger partial charge >= 0.3 is 5.97 Å². The molecule has 1 aromatic carbocycles. The Morgan fingerprint density at radius 1 is 1.12 bits per heavy atom. The molecule has 0 aliphatic heterocycles. The average Bonchev–Trinajstić information content (AvgIpc) is 3.15. The van der Waals surface area contributed by atoms with E-state index in [1.807, 2.05) is 6.92 Å². The maximum atomic E-state index is 12.0. The Kier molecular flexibility index (Phi) is 7.70. The van der Waals surface area contributed by atoms with Crippen LogP contribution in [0, 0.1) is 0 Å². The SMILES string of the molecule is CCOCCCNC(=O)c1ccc(COc2ccc(C(=O)OC)cc2)o1. The van der Waals surface area contributed by atoms with Gasteiger partial charge in [-0.05, 0) is 49.7 Å². The lowest BCUT2D eigenvalue weighted by Crippen LogP contribution is -2.24. The fraction of sp³-hybridized carbons (Fsp3) is 0.368. The van der Waals surface area contributed by atoms with Crippen LogP contribution in [-0.2, 0) is 16.1 Å². The molecule has 0 bridgehead atoms. The van der Waals surface area contributed by atoms with Crippen LogP contribution in [0.4, 0.5) is 0 Å². The van der Waals surface area contributed by atoms with Crippen molar-refractivity contribution in [2.24, 2.45) is 0 Å². The van der Waals surface area contributed by atoms with Crippen molar-refractivity contribution >= 4 is 11.9 Å². The third-order valence-electron chi connectivity index (χ3n) is 3.50. The zero-order chi connectivity index (χ0) is 18.8. The van der Waals surface area contributed by atoms with Gasteiger partial charge in [-0.25, -0.2) is 4.79 Å².